The van der Waals surface area contributed by atoms with Gasteiger partial charge in [0, 0.05) is 17.8 Å². The number of rotatable bonds is 4. The number of amides is 1. The van der Waals surface area contributed by atoms with Gasteiger partial charge in [0.2, 0.25) is 0 Å². The SMILES string of the molecule is CCc1ccccc1-c1ccc(N2CCc3c(C)nn(-c4ccc(C)cc4)c3C2=O)cc1. The lowest BCUT2D eigenvalue weighted by Gasteiger charge is -2.28. The molecule has 1 aliphatic heterocycles. The Kier molecular flexibility index (Phi) is 5.14. The highest BCUT2D eigenvalue weighted by atomic mass is 16.2. The highest BCUT2D eigenvalue weighted by Gasteiger charge is 2.32. The van der Waals surface area contributed by atoms with Crippen LogP contribution in [0.1, 0.15) is 39.8 Å². The summed E-state index contributed by atoms with van der Waals surface area (Å²) in [5.41, 5.74) is 9.45. The number of carbonyl (C=O) groups is 1. The second-order valence-corrected chi connectivity index (χ2v) is 8.42. The van der Waals surface area contributed by atoms with E-state index < -0.39 is 0 Å². The van der Waals surface area contributed by atoms with Crippen molar-refractivity contribution in [3.63, 3.8) is 0 Å². The summed E-state index contributed by atoms with van der Waals surface area (Å²) in [5, 5.41) is 4.71. The average molecular weight is 422 g/mol. The van der Waals surface area contributed by atoms with E-state index in [9.17, 15) is 4.79 Å². The van der Waals surface area contributed by atoms with Gasteiger partial charge in [0.1, 0.15) is 5.69 Å². The molecule has 160 valence electrons. The van der Waals surface area contributed by atoms with Crippen molar-refractivity contribution in [2.75, 3.05) is 11.4 Å². The Balaban J connectivity index is 1.49. The van der Waals surface area contributed by atoms with Crippen molar-refractivity contribution in [1.29, 1.82) is 0 Å². The number of hydrogen-bond acceptors (Lipinski definition) is 2. The van der Waals surface area contributed by atoms with Crippen molar-refractivity contribution < 1.29 is 4.79 Å². The minimum Gasteiger partial charge on any atom is -0.307 e. The summed E-state index contributed by atoms with van der Waals surface area (Å²) in [6, 6.07) is 25.0. The Labute approximate surface area is 189 Å². The Morgan fingerprint density at radius 2 is 1.56 bits per heavy atom. The molecule has 0 saturated heterocycles. The molecule has 3 aromatic carbocycles. The van der Waals surface area contributed by atoms with Crippen LogP contribution in [0.2, 0.25) is 0 Å². The van der Waals surface area contributed by atoms with E-state index in [-0.39, 0.29) is 5.91 Å². The normalized spacial score (nSPS) is 13.3. The zero-order chi connectivity index (χ0) is 22.2. The van der Waals surface area contributed by atoms with E-state index in [1.165, 1.54) is 22.3 Å². The van der Waals surface area contributed by atoms with Gasteiger partial charge in [-0.15, -0.1) is 0 Å². The number of anilines is 1. The Morgan fingerprint density at radius 3 is 2.28 bits per heavy atom. The van der Waals surface area contributed by atoms with E-state index in [0.717, 1.165) is 35.5 Å². The van der Waals surface area contributed by atoms with Crippen LogP contribution in [0.4, 0.5) is 5.69 Å². The van der Waals surface area contributed by atoms with Crippen molar-refractivity contribution in [3.8, 4) is 16.8 Å². The number of benzene rings is 3. The number of carbonyl (C=O) groups excluding carboxylic acids is 1. The maximum atomic E-state index is 13.6. The first-order valence-electron chi connectivity index (χ1n) is 11.2. The van der Waals surface area contributed by atoms with Crippen LogP contribution >= 0.6 is 0 Å². The second-order valence-electron chi connectivity index (χ2n) is 8.42. The fourth-order valence-electron chi connectivity index (χ4n) is 4.58. The minimum absolute atomic E-state index is 0.00846. The molecule has 0 atom stereocenters. The molecule has 0 saturated carbocycles. The molecule has 0 radical (unpaired) electrons. The van der Waals surface area contributed by atoms with Crippen LogP contribution in [0.3, 0.4) is 0 Å². The third-order valence-electron chi connectivity index (χ3n) is 6.38. The Bertz CT molecular complexity index is 1280. The van der Waals surface area contributed by atoms with E-state index in [1.54, 1.807) is 0 Å². The monoisotopic (exact) mass is 421 g/mol. The number of aryl methyl sites for hydroxylation is 3. The van der Waals surface area contributed by atoms with Crippen molar-refractivity contribution in [1.82, 2.24) is 9.78 Å². The largest absolute Gasteiger partial charge is 0.307 e. The van der Waals surface area contributed by atoms with Crippen LogP contribution in [0.5, 0.6) is 0 Å². The van der Waals surface area contributed by atoms with Crippen LogP contribution < -0.4 is 4.90 Å². The van der Waals surface area contributed by atoms with Crippen molar-refractivity contribution >= 4 is 11.6 Å². The fourth-order valence-corrected chi connectivity index (χ4v) is 4.58. The summed E-state index contributed by atoms with van der Waals surface area (Å²) in [4.78, 5) is 15.5. The molecule has 4 heteroatoms. The lowest BCUT2D eigenvalue weighted by atomic mass is 9.97. The standard InChI is InChI=1S/C28H27N3O/c1-4-21-7-5-6-8-26(21)22-11-15-23(16-12-22)30-18-17-25-20(3)29-31(27(25)28(30)32)24-13-9-19(2)10-14-24/h5-16H,4,17-18H2,1-3H3. The van der Waals surface area contributed by atoms with E-state index in [4.69, 9.17) is 5.10 Å². The number of aromatic nitrogens is 2. The highest BCUT2D eigenvalue weighted by molar-refractivity contribution is 6.07. The minimum atomic E-state index is 0.00846. The molecule has 32 heavy (non-hydrogen) atoms. The van der Waals surface area contributed by atoms with E-state index in [1.807, 2.05) is 28.6 Å². The average Bonchev–Trinajstić information content (AvgIpc) is 3.17. The predicted molar refractivity (Wildman–Crippen MR) is 130 cm³/mol. The number of hydrogen-bond donors (Lipinski definition) is 0. The summed E-state index contributed by atoms with van der Waals surface area (Å²) in [5.74, 6) is 0.00846. The molecule has 1 aromatic heterocycles. The lowest BCUT2D eigenvalue weighted by Crippen LogP contribution is -2.38. The quantitative estimate of drug-likeness (QED) is 0.410. The Morgan fingerprint density at radius 1 is 0.875 bits per heavy atom. The molecule has 1 aliphatic rings. The van der Waals surface area contributed by atoms with Gasteiger partial charge in [0.05, 0.1) is 11.4 Å². The molecular weight excluding hydrogens is 394 g/mol. The molecule has 0 fully saturated rings. The molecule has 0 N–H and O–H groups in total. The highest BCUT2D eigenvalue weighted by Crippen LogP contribution is 2.31. The van der Waals surface area contributed by atoms with Crippen LogP contribution in [0, 0.1) is 13.8 Å². The van der Waals surface area contributed by atoms with Crippen LogP contribution in [0.25, 0.3) is 16.8 Å². The maximum absolute atomic E-state index is 13.6. The van der Waals surface area contributed by atoms with Crippen LogP contribution in [-0.2, 0) is 12.8 Å². The van der Waals surface area contributed by atoms with Crippen LogP contribution in [0.15, 0.2) is 72.8 Å². The summed E-state index contributed by atoms with van der Waals surface area (Å²) >= 11 is 0. The number of nitrogens with zero attached hydrogens (tertiary/aromatic N) is 3. The van der Waals surface area contributed by atoms with E-state index in [0.29, 0.717) is 12.2 Å². The third kappa shape index (κ3) is 3.42. The molecule has 0 bridgehead atoms. The van der Waals surface area contributed by atoms with Crippen molar-refractivity contribution in [3.05, 3.63) is 101 Å². The van der Waals surface area contributed by atoms with Crippen molar-refractivity contribution in [2.24, 2.45) is 0 Å². The lowest BCUT2D eigenvalue weighted by molar-refractivity contribution is 0.0973. The first-order valence-corrected chi connectivity index (χ1v) is 11.2. The van der Waals surface area contributed by atoms with Gasteiger partial charge < -0.3 is 4.90 Å². The van der Waals surface area contributed by atoms with Gasteiger partial charge in [0.15, 0.2) is 0 Å². The molecule has 0 unspecified atom stereocenters. The van der Waals surface area contributed by atoms with Gasteiger partial charge in [-0.25, -0.2) is 4.68 Å². The zero-order valence-electron chi connectivity index (χ0n) is 18.8. The first-order chi connectivity index (χ1) is 15.6. The molecule has 4 nitrogen and oxygen atoms in total. The maximum Gasteiger partial charge on any atom is 0.277 e. The molecule has 4 aromatic rings. The van der Waals surface area contributed by atoms with E-state index in [2.05, 4.69) is 74.5 Å². The number of fused-ring (bicyclic) bond motifs is 1. The molecule has 0 aliphatic carbocycles. The molecule has 2 heterocycles. The Hall–Kier alpha value is -3.66. The molecule has 1 amide bonds. The van der Waals surface area contributed by atoms with Gasteiger partial charge >= 0.3 is 0 Å². The van der Waals surface area contributed by atoms with E-state index >= 15 is 0 Å². The van der Waals surface area contributed by atoms with Crippen molar-refractivity contribution in [2.45, 2.75) is 33.6 Å². The van der Waals surface area contributed by atoms with Gasteiger partial charge in [-0.1, -0.05) is 61.0 Å². The summed E-state index contributed by atoms with van der Waals surface area (Å²) in [6.07, 6.45) is 1.80. The summed E-state index contributed by atoms with van der Waals surface area (Å²) in [7, 11) is 0. The summed E-state index contributed by atoms with van der Waals surface area (Å²) < 4.78 is 1.81. The topological polar surface area (TPSA) is 38.1 Å². The van der Waals surface area contributed by atoms with Gasteiger partial charge in [-0.05, 0) is 67.6 Å². The molecular formula is C28H27N3O. The smallest absolute Gasteiger partial charge is 0.277 e. The van der Waals surface area contributed by atoms with Gasteiger partial charge in [-0.2, -0.15) is 5.10 Å². The summed E-state index contributed by atoms with van der Waals surface area (Å²) in [6.45, 7) is 6.89. The zero-order valence-corrected chi connectivity index (χ0v) is 18.8. The third-order valence-corrected chi connectivity index (χ3v) is 6.38. The second kappa shape index (κ2) is 8.12. The van der Waals surface area contributed by atoms with Crippen LogP contribution in [-0.4, -0.2) is 22.2 Å². The molecule has 5 rings (SSSR count). The fraction of sp³-hybridized carbons (Fsp3) is 0.214. The molecule has 0 spiro atoms. The predicted octanol–water partition coefficient (Wildman–Crippen LogP) is 5.92. The van der Waals surface area contributed by atoms with Gasteiger partial charge in [0.25, 0.3) is 5.91 Å². The van der Waals surface area contributed by atoms with Gasteiger partial charge in [-0.3, -0.25) is 4.79 Å². The first kappa shape index (κ1) is 20.3.